The molecule has 6 nitrogen and oxygen atoms in total. The zero-order valence-corrected chi connectivity index (χ0v) is 15.4. The summed E-state index contributed by atoms with van der Waals surface area (Å²) in [5.74, 6) is 1.36. The summed E-state index contributed by atoms with van der Waals surface area (Å²) in [6.45, 7) is 2.40. The summed E-state index contributed by atoms with van der Waals surface area (Å²) >= 11 is 12.0. The number of carbonyl (C=O) groups excluding carboxylic acids is 1. The molecule has 1 aromatic carbocycles. The van der Waals surface area contributed by atoms with E-state index in [1.54, 1.807) is 31.2 Å². The van der Waals surface area contributed by atoms with E-state index in [4.69, 9.17) is 27.7 Å². The fourth-order valence-corrected chi connectivity index (χ4v) is 2.80. The number of aryl methyl sites for hydroxylation is 1. The molecule has 3 rings (SSSR count). The lowest BCUT2D eigenvalue weighted by atomic mass is 10.1. The van der Waals surface area contributed by atoms with Gasteiger partial charge in [-0.25, -0.2) is 4.98 Å². The average molecular weight is 391 g/mol. The Balaban J connectivity index is 1.53. The fraction of sp³-hybridized carbons (Fsp3) is 0.167. The van der Waals surface area contributed by atoms with Gasteiger partial charge < -0.3 is 15.2 Å². The van der Waals surface area contributed by atoms with Crippen molar-refractivity contribution in [1.29, 1.82) is 0 Å². The molecule has 0 aliphatic rings. The van der Waals surface area contributed by atoms with Gasteiger partial charge in [-0.1, -0.05) is 34.4 Å². The van der Waals surface area contributed by atoms with Crippen molar-refractivity contribution in [3.63, 3.8) is 0 Å². The molecule has 8 heteroatoms. The molecule has 0 saturated heterocycles. The highest BCUT2D eigenvalue weighted by Crippen LogP contribution is 2.21. The van der Waals surface area contributed by atoms with Crippen molar-refractivity contribution in [2.45, 2.75) is 13.3 Å². The van der Waals surface area contributed by atoms with Crippen LogP contribution in [0.3, 0.4) is 0 Å². The van der Waals surface area contributed by atoms with Gasteiger partial charge >= 0.3 is 0 Å². The minimum absolute atomic E-state index is 0.301. The highest BCUT2D eigenvalue weighted by atomic mass is 35.5. The first-order chi connectivity index (χ1) is 12.5. The van der Waals surface area contributed by atoms with E-state index in [0.29, 0.717) is 39.5 Å². The molecule has 0 bridgehead atoms. The van der Waals surface area contributed by atoms with E-state index in [2.05, 4.69) is 20.8 Å². The number of anilines is 2. The van der Waals surface area contributed by atoms with Crippen LogP contribution in [0.15, 0.2) is 47.1 Å². The van der Waals surface area contributed by atoms with Crippen molar-refractivity contribution in [2.24, 2.45) is 0 Å². The van der Waals surface area contributed by atoms with E-state index in [1.807, 2.05) is 12.1 Å². The van der Waals surface area contributed by atoms with Crippen LogP contribution in [0.25, 0.3) is 0 Å². The molecular weight excluding hydrogens is 375 g/mol. The number of amides is 1. The number of carbonyl (C=O) groups is 1. The summed E-state index contributed by atoms with van der Waals surface area (Å²) in [7, 11) is 0. The van der Waals surface area contributed by atoms with E-state index in [-0.39, 0.29) is 5.91 Å². The van der Waals surface area contributed by atoms with Crippen LogP contribution >= 0.6 is 23.2 Å². The predicted molar refractivity (Wildman–Crippen MR) is 102 cm³/mol. The minimum Gasteiger partial charge on any atom is -0.370 e. The quantitative estimate of drug-likeness (QED) is 0.643. The van der Waals surface area contributed by atoms with Crippen LogP contribution in [-0.4, -0.2) is 22.6 Å². The van der Waals surface area contributed by atoms with Gasteiger partial charge in [0.05, 0.1) is 5.56 Å². The van der Waals surface area contributed by atoms with Crippen LogP contribution in [0.4, 0.5) is 11.6 Å². The number of aromatic nitrogens is 2. The highest BCUT2D eigenvalue weighted by Gasteiger charge is 2.09. The number of nitrogens with one attached hydrogen (secondary N) is 2. The summed E-state index contributed by atoms with van der Waals surface area (Å²) in [6, 6.07) is 10.5. The Morgan fingerprint density at radius 2 is 2.00 bits per heavy atom. The maximum absolute atomic E-state index is 12.1. The van der Waals surface area contributed by atoms with E-state index in [1.165, 1.54) is 6.20 Å². The standard InChI is InChI=1S/C18H16Cl2N4O2/c1-11-8-17(24-26-11)23-18(25)13-3-5-16(22-10-13)21-7-6-12-2-4-14(19)9-15(12)20/h2-5,8-10H,6-7H2,1H3,(H,21,22)(H,23,24,25). The Labute approximate surface area is 160 Å². The summed E-state index contributed by atoms with van der Waals surface area (Å²) in [4.78, 5) is 16.4. The average Bonchev–Trinajstić information content (AvgIpc) is 3.02. The van der Waals surface area contributed by atoms with Gasteiger partial charge in [-0.15, -0.1) is 0 Å². The molecule has 2 N–H and O–H groups in total. The van der Waals surface area contributed by atoms with E-state index < -0.39 is 0 Å². The van der Waals surface area contributed by atoms with Crippen molar-refractivity contribution >= 4 is 40.7 Å². The van der Waals surface area contributed by atoms with Gasteiger partial charge in [0.15, 0.2) is 5.82 Å². The van der Waals surface area contributed by atoms with Crippen LogP contribution < -0.4 is 10.6 Å². The summed E-state index contributed by atoms with van der Waals surface area (Å²) < 4.78 is 4.91. The largest absolute Gasteiger partial charge is 0.370 e. The molecule has 1 amide bonds. The maximum atomic E-state index is 12.1. The Hall–Kier alpha value is -2.57. The second-order valence-corrected chi connectivity index (χ2v) is 6.47. The van der Waals surface area contributed by atoms with Crippen molar-refractivity contribution in [2.75, 3.05) is 17.2 Å². The molecule has 0 radical (unpaired) electrons. The lowest BCUT2D eigenvalue weighted by Crippen LogP contribution is -2.13. The van der Waals surface area contributed by atoms with Crippen LogP contribution in [0, 0.1) is 6.92 Å². The number of benzene rings is 1. The SMILES string of the molecule is Cc1cc(NC(=O)c2ccc(NCCc3ccc(Cl)cc3Cl)nc2)no1. The monoisotopic (exact) mass is 390 g/mol. The van der Waals surface area contributed by atoms with Gasteiger partial charge in [0.2, 0.25) is 0 Å². The summed E-state index contributed by atoms with van der Waals surface area (Å²) in [6.07, 6.45) is 2.23. The molecule has 26 heavy (non-hydrogen) atoms. The third-order valence-corrected chi connectivity index (χ3v) is 4.20. The van der Waals surface area contributed by atoms with E-state index >= 15 is 0 Å². The molecule has 2 aromatic heterocycles. The van der Waals surface area contributed by atoms with Crippen molar-refractivity contribution in [3.05, 3.63) is 69.5 Å². The molecule has 134 valence electrons. The molecule has 2 heterocycles. The second-order valence-electron chi connectivity index (χ2n) is 5.62. The Kier molecular flexibility index (Phi) is 5.75. The molecule has 0 spiro atoms. The molecule has 0 aliphatic carbocycles. The van der Waals surface area contributed by atoms with Crippen molar-refractivity contribution in [3.8, 4) is 0 Å². The van der Waals surface area contributed by atoms with Crippen LogP contribution in [0.1, 0.15) is 21.7 Å². The smallest absolute Gasteiger partial charge is 0.258 e. The molecule has 0 unspecified atom stereocenters. The highest BCUT2D eigenvalue weighted by molar-refractivity contribution is 6.35. The number of hydrogen-bond acceptors (Lipinski definition) is 5. The van der Waals surface area contributed by atoms with Gasteiger partial charge in [-0.05, 0) is 43.2 Å². The molecule has 3 aromatic rings. The lowest BCUT2D eigenvalue weighted by molar-refractivity contribution is 0.102. The Morgan fingerprint density at radius 1 is 1.15 bits per heavy atom. The van der Waals surface area contributed by atoms with Gasteiger partial charge in [0.1, 0.15) is 11.6 Å². The van der Waals surface area contributed by atoms with Crippen molar-refractivity contribution in [1.82, 2.24) is 10.1 Å². The third-order valence-electron chi connectivity index (χ3n) is 3.61. The van der Waals surface area contributed by atoms with Crippen LogP contribution in [-0.2, 0) is 6.42 Å². The molecule has 0 saturated carbocycles. The second kappa shape index (κ2) is 8.21. The van der Waals surface area contributed by atoms with Crippen molar-refractivity contribution < 1.29 is 9.32 Å². The van der Waals surface area contributed by atoms with Gasteiger partial charge in [0, 0.05) is 28.9 Å². The number of rotatable bonds is 6. The summed E-state index contributed by atoms with van der Waals surface area (Å²) in [5, 5.41) is 10.8. The predicted octanol–water partition coefficient (Wildman–Crippen LogP) is 4.59. The zero-order chi connectivity index (χ0) is 18.5. The van der Waals surface area contributed by atoms with E-state index in [0.717, 1.165) is 12.0 Å². The first kappa shape index (κ1) is 18.2. The number of pyridine rings is 1. The van der Waals surface area contributed by atoms with Gasteiger partial charge in [-0.3, -0.25) is 4.79 Å². The summed E-state index contributed by atoms with van der Waals surface area (Å²) in [5.41, 5.74) is 1.43. The number of hydrogen-bond donors (Lipinski definition) is 2. The van der Waals surface area contributed by atoms with Crippen LogP contribution in [0.2, 0.25) is 10.0 Å². The molecule has 0 aliphatic heterocycles. The zero-order valence-electron chi connectivity index (χ0n) is 13.9. The third kappa shape index (κ3) is 4.74. The Bertz CT molecular complexity index is 910. The number of nitrogens with zero attached hydrogens (tertiary/aromatic N) is 2. The normalized spacial score (nSPS) is 10.6. The molecule has 0 fully saturated rings. The number of halogens is 2. The lowest BCUT2D eigenvalue weighted by Gasteiger charge is -2.08. The topological polar surface area (TPSA) is 80.0 Å². The Morgan fingerprint density at radius 3 is 2.65 bits per heavy atom. The maximum Gasteiger partial charge on any atom is 0.258 e. The van der Waals surface area contributed by atoms with Crippen LogP contribution in [0.5, 0.6) is 0 Å². The minimum atomic E-state index is -0.301. The first-order valence-electron chi connectivity index (χ1n) is 7.90. The van der Waals surface area contributed by atoms with Gasteiger partial charge in [-0.2, -0.15) is 0 Å². The molecular formula is C18H16Cl2N4O2. The molecule has 0 atom stereocenters. The van der Waals surface area contributed by atoms with Gasteiger partial charge in [0.25, 0.3) is 5.91 Å². The first-order valence-corrected chi connectivity index (χ1v) is 8.65. The van der Waals surface area contributed by atoms with E-state index in [9.17, 15) is 4.79 Å². The fourth-order valence-electron chi connectivity index (χ4n) is 2.30.